The molecule has 41 heavy (non-hydrogen) atoms. The second-order valence-corrected chi connectivity index (χ2v) is 12.6. The van der Waals surface area contributed by atoms with Crippen molar-refractivity contribution in [3.63, 3.8) is 0 Å². The number of rotatable bonds is 12. The van der Waals surface area contributed by atoms with Crippen molar-refractivity contribution >= 4 is 43.8 Å². The Kier molecular flexibility index (Phi) is 8.98. The van der Waals surface area contributed by atoms with E-state index in [4.69, 9.17) is 21.1 Å². The largest absolute Gasteiger partial charge is 0.497 e. The molecule has 1 saturated heterocycles. The normalized spacial score (nSPS) is 14.2. The molecule has 0 spiro atoms. The molecule has 1 fully saturated rings. The molecule has 0 aliphatic carbocycles. The maximum atomic E-state index is 15.7. The van der Waals surface area contributed by atoms with E-state index in [1.807, 2.05) is 30.3 Å². The molecule has 216 valence electrons. The molecule has 0 bridgehead atoms. The molecule has 0 amide bonds. The number of ether oxygens (including phenoxy) is 2. The van der Waals surface area contributed by atoms with Crippen molar-refractivity contribution in [1.29, 1.82) is 0 Å². The van der Waals surface area contributed by atoms with Crippen LogP contribution >= 0.6 is 22.9 Å². The van der Waals surface area contributed by atoms with Crippen LogP contribution in [0.15, 0.2) is 77.1 Å². The van der Waals surface area contributed by atoms with Gasteiger partial charge < -0.3 is 19.7 Å². The first-order valence-electron chi connectivity index (χ1n) is 13.0. The van der Waals surface area contributed by atoms with Crippen molar-refractivity contribution in [2.24, 2.45) is 0 Å². The molecular formula is C29H30ClFN4O4S2. The monoisotopic (exact) mass is 616 g/mol. The summed E-state index contributed by atoms with van der Waals surface area (Å²) in [6, 6.07) is 17.0. The Bertz CT molecular complexity index is 1590. The molecule has 1 aliphatic rings. The van der Waals surface area contributed by atoms with Crippen LogP contribution in [0.1, 0.15) is 23.6 Å². The maximum absolute atomic E-state index is 15.7. The van der Waals surface area contributed by atoms with E-state index in [1.54, 1.807) is 23.6 Å². The van der Waals surface area contributed by atoms with Gasteiger partial charge in [-0.3, -0.25) is 0 Å². The number of sulfonamides is 1. The molecule has 0 unspecified atom stereocenters. The van der Waals surface area contributed by atoms with Crippen molar-refractivity contribution < 1.29 is 22.3 Å². The topological polar surface area (TPSA) is 84.0 Å². The van der Waals surface area contributed by atoms with Crippen LogP contribution in [0.4, 0.5) is 15.2 Å². The number of likely N-dealkylation sites (tertiary alicyclic amines) is 1. The fourth-order valence-electron chi connectivity index (χ4n) is 4.62. The summed E-state index contributed by atoms with van der Waals surface area (Å²) in [6.45, 7) is 2.56. The highest BCUT2D eigenvalue weighted by molar-refractivity contribution is 7.93. The van der Waals surface area contributed by atoms with E-state index < -0.39 is 20.7 Å². The van der Waals surface area contributed by atoms with E-state index in [1.165, 1.54) is 20.4 Å². The number of methoxy groups -OCH3 is 2. The van der Waals surface area contributed by atoms with Gasteiger partial charge >= 0.3 is 0 Å². The summed E-state index contributed by atoms with van der Waals surface area (Å²) >= 11 is 7.74. The van der Waals surface area contributed by atoms with Crippen molar-refractivity contribution in [1.82, 2.24) is 9.88 Å². The predicted molar refractivity (Wildman–Crippen MR) is 160 cm³/mol. The van der Waals surface area contributed by atoms with Crippen molar-refractivity contribution in [2.75, 3.05) is 43.5 Å². The lowest BCUT2D eigenvalue weighted by Gasteiger charge is -2.35. The molecule has 3 aromatic carbocycles. The Morgan fingerprint density at radius 1 is 1.12 bits per heavy atom. The third-order valence-corrected chi connectivity index (χ3v) is 9.93. The predicted octanol–water partition coefficient (Wildman–Crippen LogP) is 6.21. The lowest BCUT2D eigenvalue weighted by atomic mass is 10.0. The Morgan fingerprint density at radius 3 is 2.54 bits per heavy atom. The first kappa shape index (κ1) is 29.1. The molecule has 1 N–H and O–H groups in total. The number of anilines is 2. The Balaban J connectivity index is 1.48. The Labute approximate surface area is 248 Å². The Hall–Kier alpha value is -3.38. The van der Waals surface area contributed by atoms with Crippen molar-refractivity contribution in [3.05, 3.63) is 94.2 Å². The minimum atomic E-state index is -4.43. The summed E-state index contributed by atoms with van der Waals surface area (Å²) in [5, 5.41) is 5.27. The minimum Gasteiger partial charge on any atom is -0.497 e. The molecule has 1 aromatic heterocycles. The number of hydrogen-bond acceptors (Lipinski definition) is 8. The van der Waals surface area contributed by atoms with Crippen molar-refractivity contribution in [3.8, 4) is 11.5 Å². The summed E-state index contributed by atoms with van der Waals surface area (Å²) in [6.07, 6.45) is 2.63. The molecule has 5 rings (SSSR count). The van der Waals surface area contributed by atoms with E-state index in [0.717, 1.165) is 52.8 Å². The van der Waals surface area contributed by atoms with Gasteiger partial charge in [-0.15, -0.1) is 11.3 Å². The number of halogens is 2. The van der Waals surface area contributed by atoms with Crippen LogP contribution < -0.4 is 19.1 Å². The minimum absolute atomic E-state index is 0.0932. The first-order chi connectivity index (χ1) is 19.8. The fourth-order valence-corrected chi connectivity index (χ4v) is 7.24. The highest BCUT2D eigenvalue weighted by atomic mass is 35.5. The van der Waals surface area contributed by atoms with Gasteiger partial charge in [-0.1, -0.05) is 41.9 Å². The van der Waals surface area contributed by atoms with Gasteiger partial charge in [-0.2, -0.15) is 0 Å². The fraction of sp³-hybridized carbons (Fsp3) is 0.276. The molecule has 2 heterocycles. The summed E-state index contributed by atoms with van der Waals surface area (Å²) in [5.41, 5.74) is 1.89. The zero-order valence-corrected chi connectivity index (χ0v) is 25.0. The molecule has 12 heteroatoms. The number of nitrogens with zero attached hydrogens (tertiary/aromatic N) is 3. The van der Waals surface area contributed by atoms with Gasteiger partial charge in [0.15, 0.2) is 5.13 Å². The molecule has 4 aromatic rings. The zero-order valence-electron chi connectivity index (χ0n) is 22.6. The van der Waals surface area contributed by atoms with Gasteiger partial charge in [0.05, 0.1) is 37.5 Å². The molecular weight excluding hydrogens is 587 g/mol. The van der Waals surface area contributed by atoms with E-state index in [0.29, 0.717) is 29.3 Å². The van der Waals surface area contributed by atoms with E-state index in [2.05, 4.69) is 15.2 Å². The first-order valence-corrected chi connectivity index (χ1v) is 15.7. The molecule has 0 saturated carbocycles. The van der Waals surface area contributed by atoms with Gasteiger partial charge in [0.25, 0.3) is 10.0 Å². The van der Waals surface area contributed by atoms with E-state index in [-0.39, 0.29) is 22.7 Å². The lowest BCUT2D eigenvalue weighted by molar-refractivity contribution is 0.174. The van der Waals surface area contributed by atoms with Crippen LogP contribution in [0.25, 0.3) is 0 Å². The van der Waals surface area contributed by atoms with Gasteiger partial charge in [0.2, 0.25) is 0 Å². The second-order valence-electron chi connectivity index (χ2n) is 9.53. The zero-order chi connectivity index (χ0) is 29.0. The molecule has 8 nitrogen and oxygen atoms in total. The van der Waals surface area contributed by atoms with Crippen LogP contribution in [0.2, 0.25) is 5.02 Å². The second kappa shape index (κ2) is 12.6. The smallest absolute Gasteiger partial charge is 0.269 e. The molecule has 0 radical (unpaired) electrons. The molecule has 1 aliphatic heterocycles. The van der Waals surface area contributed by atoms with Crippen LogP contribution in [0, 0.1) is 5.82 Å². The van der Waals surface area contributed by atoms with Gasteiger partial charge in [0, 0.05) is 29.8 Å². The number of benzene rings is 3. The maximum Gasteiger partial charge on any atom is 0.269 e. The van der Waals surface area contributed by atoms with Gasteiger partial charge in [-0.05, 0) is 49.3 Å². The summed E-state index contributed by atoms with van der Waals surface area (Å²) in [7, 11) is -1.42. The van der Waals surface area contributed by atoms with E-state index >= 15 is 4.39 Å². The van der Waals surface area contributed by atoms with Crippen LogP contribution in [0.5, 0.6) is 11.5 Å². The quantitative estimate of drug-likeness (QED) is 0.203. The van der Waals surface area contributed by atoms with Crippen LogP contribution in [-0.4, -0.2) is 52.2 Å². The summed E-state index contributed by atoms with van der Waals surface area (Å²) in [5.74, 6) is 0.0577. The SMILES string of the molecule is COc1ccc(CN(c2nccs2)S(=O)(=O)c2cc(Cl)c(N[C@@H](CN3CCC3)c3ccccc3)cc2F)c(OC)c1. The molecule has 1 atom stereocenters. The number of aromatic nitrogens is 1. The lowest BCUT2D eigenvalue weighted by Crippen LogP contribution is -2.41. The summed E-state index contributed by atoms with van der Waals surface area (Å²) in [4.78, 5) is 5.96. The average molecular weight is 617 g/mol. The number of nitrogens with one attached hydrogen (secondary N) is 1. The van der Waals surface area contributed by atoms with Crippen LogP contribution in [0.3, 0.4) is 0 Å². The van der Waals surface area contributed by atoms with Gasteiger partial charge in [0.1, 0.15) is 22.2 Å². The highest BCUT2D eigenvalue weighted by Gasteiger charge is 2.32. The van der Waals surface area contributed by atoms with Gasteiger partial charge in [-0.25, -0.2) is 22.1 Å². The standard InChI is InChI=1S/C29H30ClFN4O4S2/c1-38-22-10-9-21(27(15-22)39-2)18-35(29-32-11-14-40-29)41(36,37)28-16-23(30)25(17-24(28)31)33-26(19-34-12-6-13-34)20-7-4-3-5-8-20/h3-5,7-11,14-17,26,33H,6,12-13,18-19H2,1-2H3/t26-/m0/s1. The Morgan fingerprint density at radius 2 is 1.90 bits per heavy atom. The summed E-state index contributed by atoms with van der Waals surface area (Å²) < 4.78 is 55.5. The van der Waals surface area contributed by atoms with E-state index in [9.17, 15) is 8.42 Å². The third kappa shape index (κ3) is 6.43. The number of hydrogen-bond donors (Lipinski definition) is 1. The highest BCUT2D eigenvalue weighted by Crippen LogP contribution is 2.36. The third-order valence-electron chi connectivity index (χ3n) is 6.95. The van der Waals surface area contributed by atoms with Crippen molar-refractivity contribution in [2.45, 2.75) is 23.9 Å². The van der Waals surface area contributed by atoms with Crippen LogP contribution in [-0.2, 0) is 16.6 Å². The number of thiazole rings is 1. The average Bonchev–Trinajstić information content (AvgIpc) is 3.49.